The van der Waals surface area contributed by atoms with Crippen LogP contribution in [0.2, 0.25) is 0 Å². The number of aromatic nitrogens is 2. The van der Waals surface area contributed by atoms with E-state index in [1.54, 1.807) is 0 Å². The summed E-state index contributed by atoms with van der Waals surface area (Å²) < 4.78 is 19.1. The molecule has 0 radical (unpaired) electrons. The molecule has 0 aromatic carbocycles. The highest BCUT2D eigenvalue weighted by atomic mass is 19.1. The Morgan fingerprint density at radius 3 is 2.56 bits per heavy atom. The van der Waals surface area contributed by atoms with Gasteiger partial charge >= 0.3 is 0 Å². The van der Waals surface area contributed by atoms with Crippen LogP contribution in [-0.4, -0.2) is 22.6 Å². The van der Waals surface area contributed by atoms with Gasteiger partial charge in [0.15, 0.2) is 5.82 Å². The zero-order valence-electron chi connectivity index (χ0n) is 21.0. The van der Waals surface area contributed by atoms with Gasteiger partial charge in [-0.1, -0.05) is 39.8 Å². The predicted molar refractivity (Wildman–Crippen MR) is 140 cm³/mol. The van der Waals surface area contributed by atoms with Crippen LogP contribution in [0.25, 0.3) is 0 Å². The molecule has 0 spiro atoms. The van der Waals surface area contributed by atoms with Gasteiger partial charge in [0.05, 0.1) is 12.3 Å². The van der Waals surface area contributed by atoms with Gasteiger partial charge in [0.1, 0.15) is 5.82 Å². The average molecular weight is 469 g/mol. The lowest BCUT2D eigenvalue weighted by Crippen LogP contribution is -2.44. The quantitative estimate of drug-likeness (QED) is 0.493. The fourth-order valence-electron chi connectivity index (χ4n) is 4.92. The molecule has 0 saturated heterocycles. The second-order valence-electron chi connectivity index (χ2n) is 9.37. The molecule has 0 amide bonds. The third kappa shape index (κ3) is 6.16. The van der Waals surface area contributed by atoms with Crippen LogP contribution in [0.15, 0.2) is 60.6 Å². The Morgan fingerprint density at radius 2 is 1.91 bits per heavy atom. The maximum absolute atomic E-state index is 13.4. The first-order valence-electron chi connectivity index (χ1n) is 12.6. The fraction of sp³-hybridized carbons (Fsp3) is 0.500. The van der Waals surface area contributed by atoms with Crippen molar-refractivity contribution < 1.29 is 10.6 Å². The van der Waals surface area contributed by atoms with Gasteiger partial charge in [-0.05, 0) is 74.1 Å². The summed E-state index contributed by atoms with van der Waals surface area (Å²) in [6.07, 6.45) is 10.7. The van der Waals surface area contributed by atoms with Crippen LogP contribution in [0.5, 0.6) is 5.88 Å². The summed E-state index contributed by atoms with van der Waals surface area (Å²) in [7, 11) is 0. The van der Waals surface area contributed by atoms with E-state index in [0.717, 1.165) is 37.9 Å². The minimum atomic E-state index is -0.322. The van der Waals surface area contributed by atoms with Crippen molar-refractivity contribution in [1.29, 1.82) is 0 Å². The van der Waals surface area contributed by atoms with Crippen LogP contribution < -0.4 is 15.4 Å². The first-order valence-corrected chi connectivity index (χ1v) is 12.6. The Labute approximate surface area is 205 Å². The normalized spacial score (nSPS) is 22.6. The summed E-state index contributed by atoms with van der Waals surface area (Å²) in [6, 6.07) is 6.77. The lowest BCUT2D eigenvalue weighted by Gasteiger charge is -2.44. The standard InChI is InChI=1S/C26H33FN4O.C2H6.H2/c1-17(2)23-13-18(3)14-24(31(23)26-22(28)5-4-11-30-26)20-8-6-19(7-9-20)16-32-25-15-21(27)10-12-29-25;1-2;/h4-5,10-12,14-15,17,19-20,23H,3,6-9,13,16,28H2,1-2H3;1-2H3;1H. The number of allylic oxidation sites excluding steroid dienone is 2. The fourth-order valence-corrected chi connectivity index (χ4v) is 4.92. The molecule has 1 saturated carbocycles. The molecule has 1 unspecified atom stereocenters. The Bertz CT molecular complexity index is 988. The number of ether oxygens (including phenoxy) is 1. The van der Waals surface area contributed by atoms with E-state index < -0.39 is 0 Å². The highest BCUT2D eigenvalue weighted by molar-refractivity contribution is 5.67. The molecule has 34 heavy (non-hydrogen) atoms. The molecular formula is C28H41FN4O. The molecule has 5 nitrogen and oxygen atoms in total. The predicted octanol–water partition coefficient (Wildman–Crippen LogP) is 7.03. The van der Waals surface area contributed by atoms with Crippen LogP contribution in [0, 0.1) is 23.6 Å². The van der Waals surface area contributed by atoms with E-state index in [2.05, 4.69) is 41.4 Å². The second kappa shape index (κ2) is 12.0. The number of nitrogens with zero attached hydrogens (tertiary/aromatic N) is 3. The van der Waals surface area contributed by atoms with Gasteiger partial charge in [0.25, 0.3) is 0 Å². The third-order valence-electron chi connectivity index (χ3n) is 6.68. The zero-order valence-corrected chi connectivity index (χ0v) is 21.0. The van der Waals surface area contributed by atoms with Crippen LogP contribution >= 0.6 is 0 Å². The molecule has 0 bridgehead atoms. The van der Waals surface area contributed by atoms with Crippen molar-refractivity contribution in [2.75, 3.05) is 17.2 Å². The van der Waals surface area contributed by atoms with Crippen molar-refractivity contribution in [3.05, 3.63) is 66.4 Å². The van der Waals surface area contributed by atoms with Gasteiger partial charge < -0.3 is 15.4 Å². The second-order valence-corrected chi connectivity index (χ2v) is 9.37. The first-order chi connectivity index (χ1) is 16.4. The van der Waals surface area contributed by atoms with Crippen LogP contribution in [-0.2, 0) is 0 Å². The Hall–Kier alpha value is -2.89. The number of anilines is 2. The smallest absolute Gasteiger partial charge is 0.216 e. The summed E-state index contributed by atoms with van der Waals surface area (Å²) in [5.41, 5.74) is 9.54. The number of nitrogen functional groups attached to an aromatic ring is 1. The summed E-state index contributed by atoms with van der Waals surface area (Å²) in [4.78, 5) is 11.1. The lowest BCUT2D eigenvalue weighted by atomic mass is 9.78. The van der Waals surface area contributed by atoms with E-state index in [4.69, 9.17) is 10.5 Å². The zero-order chi connectivity index (χ0) is 24.7. The van der Waals surface area contributed by atoms with E-state index in [-0.39, 0.29) is 7.24 Å². The Kier molecular flexibility index (Phi) is 9.08. The highest BCUT2D eigenvalue weighted by Gasteiger charge is 2.36. The average Bonchev–Trinajstić information content (AvgIpc) is 2.84. The Morgan fingerprint density at radius 1 is 1.18 bits per heavy atom. The van der Waals surface area contributed by atoms with Gasteiger partial charge in [-0.25, -0.2) is 14.4 Å². The van der Waals surface area contributed by atoms with Gasteiger partial charge in [0, 0.05) is 31.6 Å². The molecule has 2 aliphatic rings. The maximum Gasteiger partial charge on any atom is 0.216 e. The van der Waals surface area contributed by atoms with E-state index in [0.29, 0.717) is 42.0 Å². The summed E-state index contributed by atoms with van der Waals surface area (Å²) in [6.45, 7) is 13.4. The number of pyridine rings is 2. The number of hydrogen-bond acceptors (Lipinski definition) is 5. The van der Waals surface area contributed by atoms with Crippen molar-refractivity contribution in [2.24, 2.45) is 17.8 Å². The highest BCUT2D eigenvalue weighted by Crippen LogP contribution is 2.43. The summed E-state index contributed by atoms with van der Waals surface area (Å²) in [5.74, 6) is 2.20. The largest absolute Gasteiger partial charge is 0.477 e. The van der Waals surface area contributed by atoms with Crippen LogP contribution in [0.3, 0.4) is 0 Å². The van der Waals surface area contributed by atoms with Crippen molar-refractivity contribution in [3.63, 3.8) is 0 Å². The molecule has 1 fully saturated rings. The van der Waals surface area contributed by atoms with Crippen molar-refractivity contribution >= 4 is 11.5 Å². The molecular weight excluding hydrogens is 427 g/mol. The SMILES string of the molecule is C=C1C=C(C2CCC(COc3cc(F)ccn3)CC2)N(c2ncccc2N)C(C(C)C)C1.CC.[HH]. The molecule has 186 valence electrons. The van der Waals surface area contributed by atoms with Gasteiger partial charge in [-0.15, -0.1) is 0 Å². The third-order valence-corrected chi connectivity index (χ3v) is 6.68. The summed E-state index contributed by atoms with van der Waals surface area (Å²) in [5, 5.41) is 0. The van der Waals surface area contributed by atoms with E-state index >= 15 is 0 Å². The first kappa shape index (κ1) is 25.7. The van der Waals surface area contributed by atoms with Crippen molar-refractivity contribution in [2.45, 2.75) is 65.8 Å². The van der Waals surface area contributed by atoms with Gasteiger partial charge in [-0.3, -0.25) is 0 Å². The number of hydrogen-bond donors (Lipinski definition) is 1. The molecule has 2 N–H and O–H groups in total. The number of halogens is 1. The summed E-state index contributed by atoms with van der Waals surface area (Å²) >= 11 is 0. The van der Waals surface area contributed by atoms with Gasteiger partial charge in [-0.2, -0.15) is 0 Å². The molecule has 4 rings (SSSR count). The van der Waals surface area contributed by atoms with Crippen LogP contribution in [0.1, 0.15) is 61.2 Å². The molecule has 2 aromatic rings. The topological polar surface area (TPSA) is 64.3 Å². The van der Waals surface area contributed by atoms with Crippen molar-refractivity contribution in [1.82, 2.24) is 9.97 Å². The minimum absolute atomic E-state index is 0. The molecule has 1 aliphatic heterocycles. The monoisotopic (exact) mass is 468 g/mol. The molecule has 1 aliphatic carbocycles. The number of rotatable bonds is 6. The Balaban J connectivity index is 0.00000140. The van der Waals surface area contributed by atoms with Crippen molar-refractivity contribution in [3.8, 4) is 5.88 Å². The van der Waals surface area contributed by atoms with E-state index in [9.17, 15) is 4.39 Å². The van der Waals surface area contributed by atoms with E-state index in [1.807, 2.05) is 32.2 Å². The van der Waals surface area contributed by atoms with Crippen LogP contribution in [0.4, 0.5) is 15.9 Å². The molecule has 3 heterocycles. The van der Waals surface area contributed by atoms with E-state index in [1.165, 1.54) is 29.6 Å². The molecule has 1 atom stereocenters. The number of nitrogens with two attached hydrogens (primary N) is 1. The lowest BCUT2D eigenvalue weighted by molar-refractivity contribution is 0.184. The minimum Gasteiger partial charge on any atom is -0.477 e. The maximum atomic E-state index is 13.4. The van der Waals surface area contributed by atoms with Gasteiger partial charge in [0.2, 0.25) is 5.88 Å². The molecule has 2 aromatic heterocycles. The molecule has 6 heteroatoms.